The Morgan fingerprint density at radius 3 is 1.60 bits per heavy atom. The van der Waals surface area contributed by atoms with Crippen molar-refractivity contribution in [3.63, 3.8) is 0 Å². The first-order valence-electron chi connectivity index (χ1n) is 9.31. The molecule has 0 aliphatic heterocycles. The Kier molecular flexibility index (Phi) is 6.95. The van der Waals surface area contributed by atoms with Gasteiger partial charge in [-0.15, -0.1) is 0 Å². The average molecular weight is 390 g/mol. The fourth-order valence-corrected chi connectivity index (χ4v) is 9.67. The van der Waals surface area contributed by atoms with E-state index in [2.05, 4.69) is 97.9 Å². The molecule has 0 N–H and O–H groups in total. The van der Waals surface area contributed by atoms with E-state index >= 15 is 0 Å². The van der Waals surface area contributed by atoms with Crippen molar-refractivity contribution in [3.8, 4) is 0 Å². The van der Waals surface area contributed by atoms with Gasteiger partial charge in [0.2, 0.25) is 0 Å². The first kappa shape index (κ1) is 18.0. The maximum absolute atomic E-state index is 2.37. The molecule has 0 bridgehead atoms. The molecule has 0 saturated heterocycles. The third-order valence-electron chi connectivity index (χ3n) is 4.63. The van der Waals surface area contributed by atoms with Crippen molar-refractivity contribution in [2.24, 2.45) is 0 Å². The molecule has 0 fully saturated rings. The molecule has 0 saturated carbocycles. The summed E-state index contributed by atoms with van der Waals surface area (Å²) in [6.45, 7) is 2.30. The summed E-state index contributed by atoms with van der Waals surface area (Å²) in [4.78, 5) is 0. The van der Waals surface area contributed by atoms with E-state index in [0.29, 0.717) is 4.71 Å². The van der Waals surface area contributed by atoms with Gasteiger partial charge in [0.05, 0.1) is 0 Å². The van der Waals surface area contributed by atoms with Gasteiger partial charge in [0, 0.05) is 0 Å². The Hall–Kier alpha value is -1.78. The van der Waals surface area contributed by atoms with E-state index in [0.717, 1.165) is 0 Å². The maximum atomic E-state index is 2.37. The van der Waals surface area contributed by atoms with Crippen molar-refractivity contribution >= 4 is 19.0 Å². The number of benzene rings is 3. The van der Waals surface area contributed by atoms with E-state index in [1.54, 1.807) is 4.35 Å². The fraction of sp³-hybridized carbons (Fsp3) is 0.250. The third-order valence-corrected chi connectivity index (χ3v) is 10.9. The van der Waals surface area contributed by atoms with Gasteiger partial charge >= 0.3 is 157 Å². The predicted molar refractivity (Wildman–Crippen MR) is 111 cm³/mol. The van der Waals surface area contributed by atoms with Gasteiger partial charge in [-0.05, 0) is 0 Å². The predicted octanol–water partition coefficient (Wildman–Crippen LogP) is 5.95. The van der Waals surface area contributed by atoms with Crippen LogP contribution in [-0.4, -0.2) is 14.7 Å². The van der Waals surface area contributed by atoms with Gasteiger partial charge < -0.3 is 0 Å². The molecule has 0 amide bonds. The van der Waals surface area contributed by atoms with Crippen molar-refractivity contribution in [2.75, 3.05) is 0 Å². The first-order chi connectivity index (χ1) is 12.4. The van der Waals surface area contributed by atoms with Crippen molar-refractivity contribution in [2.45, 2.75) is 36.1 Å². The van der Waals surface area contributed by atoms with E-state index in [-0.39, 0.29) is 0 Å². The zero-order chi connectivity index (χ0) is 17.3. The summed E-state index contributed by atoms with van der Waals surface area (Å²) in [5, 5.41) is 1.37. The van der Waals surface area contributed by atoms with Crippen LogP contribution < -0.4 is 4.35 Å². The number of rotatable bonds is 8. The molecule has 0 heterocycles. The summed E-state index contributed by atoms with van der Waals surface area (Å²) in [6.07, 6.45) is 3.98. The zero-order valence-corrected chi connectivity index (χ0v) is 16.9. The third kappa shape index (κ3) is 4.86. The van der Waals surface area contributed by atoms with Crippen LogP contribution in [0, 0.1) is 0 Å². The van der Waals surface area contributed by atoms with Crippen LogP contribution in [0.1, 0.15) is 42.0 Å². The van der Waals surface area contributed by atoms with Crippen molar-refractivity contribution in [3.05, 3.63) is 102 Å². The van der Waals surface area contributed by atoms with Crippen LogP contribution >= 0.6 is 0 Å². The van der Waals surface area contributed by atoms with Crippen LogP contribution in [0.5, 0.6) is 0 Å². The van der Waals surface area contributed by atoms with E-state index < -0.39 is 14.7 Å². The molecular formula is C24H27As. The van der Waals surface area contributed by atoms with Gasteiger partial charge in [0.15, 0.2) is 0 Å². The van der Waals surface area contributed by atoms with Crippen LogP contribution in [0.25, 0.3) is 0 Å². The number of hydrogen-bond acceptors (Lipinski definition) is 0. The van der Waals surface area contributed by atoms with Gasteiger partial charge in [-0.2, -0.15) is 0 Å². The molecule has 3 aromatic rings. The Morgan fingerprint density at radius 1 is 0.640 bits per heavy atom. The second-order valence-corrected chi connectivity index (χ2v) is 11.5. The second kappa shape index (κ2) is 9.64. The van der Waals surface area contributed by atoms with Gasteiger partial charge in [-0.3, -0.25) is 0 Å². The van der Waals surface area contributed by atoms with Gasteiger partial charge in [-0.1, -0.05) is 0 Å². The van der Waals surface area contributed by atoms with Crippen LogP contribution in [0.4, 0.5) is 0 Å². The Balaban J connectivity index is 2.03. The molecule has 0 radical (unpaired) electrons. The summed E-state index contributed by atoms with van der Waals surface area (Å²) >= 11 is -1.28. The molecule has 1 atom stereocenters. The summed E-state index contributed by atoms with van der Waals surface area (Å²) in [5.74, 6) is 0. The monoisotopic (exact) mass is 390 g/mol. The minimum atomic E-state index is -1.28. The second-order valence-electron chi connectivity index (χ2n) is 6.46. The zero-order valence-electron chi connectivity index (χ0n) is 15.0. The molecule has 25 heavy (non-hydrogen) atoms. The van der Waals surface area contributed by atoms with E-state index in [9.17, 15) is 0 Å². The number of hydrogen-bond donors (Lipinski definition) is 0. The Morgan fingerprint density at radius 2 is 1.12 bits per heavy atom. The molecule has 3 aromatic carbocycles. The molecule has 0 spiro atoms. The topological polar surface area (TPSA) is 0 Å². The van der Waals surface area contributed by atoms with Crippen LogP contribution in [0.2, 0.25) is 5.21 Å². The summed E-state index contributed by atoms with van der Waals surface area (Å²) in [5.41, 5.74) is 2.96. The average Bonchev–Trinajstić information content (AvgIpc) is 2.69. The van der Waals surface area contributed by atoms with Crippen LogP contribution in [0.3, 0.4) is 0 Å². The van der Waals surface area contributed by atoms with E-state index in [1.165, 1.54) is 35.6 Å². The van der Waals surface area contributed by atoms with Crippen LogP contribution in [0.15, 0.2) is 91.0 Å². The molecular weight excluding hydrogens is 363 g/mol. The Labute approximate surface area is 157 Å². The quantitative estimate of drug-likeness (QED) is 0.329. The van der Waals surface area contributed by atoms with Crippen molar-refractivity contribution in [1.29, 1.82) is 0 Å². The standard InChI is InChI=1S/C24H27As/c1-2-3-13-20-25(23-18-11-6-12-19-23)24(21-14-7-4-8-15-21)22-16-9-5-10-17-22/h4-12,14-19,24H,2-3,13,20H2,1H3. The van der Waals surface area contributed by atoms with Gasteiger partial charge in [0.25, 0.3) is 0 Å². The van der Waals surface area contributed by atoms with Crippen molar-refractivity contribution in [1.82, 2.24) is 0 Å². The molecule has 1 heteroatoms. The molecule has 0 aromatic heterocycles. The SMILES string of the molecule is CCCCC[As](c1ccccc1)C(c1ccccc1)c1ccccc1. The summed E-state index contributed by atoms with van der Waals surface area (Å²) in [6, 6.07) is 33.6. The first-order valence-corrected chi connectivity index (χ1v) is 12.7. The van der Waals surface area contributed by atoms with Crippen molar-refractivity contribution < 1.29 is 0 Å². The van der Waals surface area contributed by atoms with E-state index in [4.69, 9.17) is 0 Å². The number of unbranched alkanes of at least 4 members (excludes halogenated alkanes) is 2. The molecule has 0 aliphatic rings. The minimum absolute atomic E-state index is 0.550. The summed E-state index contributed by atoms with van der Waals surface area (Å²) in [7, 11) is 0. The Bertz CT molecular complexity index is 682. The normalized spacial score (nSPS) is 12.2. The van der Waals surface area contributed by atoms with Gasteiger partial charge in [-0.25, -0.2) is 0 Å². The van der Waals surface area contributed by atoms with E-state index in [1.807, 2.05) is 0 Å². The molecule has 3 rings (SSSR count). The molecule has 0 aliphatic carbocycles. The fourth-order valence-electron chi connectivity index (χ4n) is 3.38. The van der Waals surface area contributed by atoms with Crippen LogP contribution in [-0.2, 0) is 0 Å². The molecule has 0 nitrogen and oxygen atoms in total. The molecule has 1 unspecified atom stereocenters. The summed E-state index contributed by atoms with van der Waals surface area (Å²) < 4.78 is 2.15. The van der Waals surface area contributed by atoms with Gasteiger partial charge in [0.1, 0.15) is 0 Å². The molecule has 128 valence electrons.